The molecule has 0 atom stereocenters. The Morgan fingerprint density at radius 2 is 1.93 bits per heavy atom. The summed E-state index contributed by atoms with van der Waals surface area (Å²) < 4.78 is 57.3. The van der Waals surface area contributed by atoms with Crippen LogP contribution in [-0.4, -0.2) is 27.2 Å². The smallest absolute Gasteiger partial charge is 0.416 e. The van der Waals surface area contributed by atoms with Gasteiger partial charge in [0.15, 0.2) is 11.0 Å². The molecule has 0 amide bonds. The number of fused-ring (bicyclic) bond motifs is 1. The van der Waals surface area contributed by atoms with Crippen molar-refractivity contribution in [3.63, 3.8) is 0 Å². The van der Waals surface area contributed by atoms with E-state index in [9.17, 15) is 17.6 Å². The van der Waals surface area contributed by atoms with Crippen LogP contribution < -0.4 is 9.64 Å². The lowest BCUT2D eigenvalue weighted by Crippen LogP contribution is -2.34. The van der Waals surface area contributed by atoms with Gasteiger partial charge in [-0.05, 0) is 23.8 Å². The number of benzene rings is 1. The summed E-state index contributed by atoms with van der Waals surface area (Å²) in [6.45, 7) is 0.381. The molecule has 0 saturated carbocycles. The lowest BCUT2D eigenvalue weighted by atomic mass is 10.1. The van der Waals surface area contributed by atoms with Gasteiger partial charge in [0.1, 0.15) is 0 Å². The molecule has 0 aliphatic carbocycles. The summed E-state index contributed by atoms with van der Waals surface area (Å²) in [7, 11) is 1.33. The topological polar surface area (TPSA) is 55.5 Å². The number of rotatable bonds is 4. The van der Waals surface area contributed by atoms with Crippen LogP contribution in [0.3, 0.4) is 0 Å². The van der Waals surface area contributed by atoms with E-state index < -0.39 is 17.6 Å². The quantitative estimate of drug-likeness (QED) is 0.562. The van der Waals surface area contributed by atoms with Crippen LogP contribution in [0.4, 0.5) is 23.2 Å². The van der Waals surface area contributed by atoms with Crippen molar-refractivity contribution in [2.75, 3.05) is 12.0 Å². The molecule has 11 heteroatoms. The van der Waals surface area contributed by atoms with Crippen molar-refractivity contribution < 1.29 is 22.3 Å². The average Bonchev–Trinajstić information content (AvgIpc) is 3.18. The number of amidine groups is 1. The molecule has 0 saturated heterocycles. The number of alkyl halides is 3. The van der Waals surface area contributed by atoms with Gasteiger partial charge in [-0.15, -0.1) is 5.10 Å². The first-order valence-electron chi connectivity index (χ1n) is 8.73. The van der Waals surface area contributed by atoms with Crippen LogP contribution in [0, 0.1) is 5.82 Å². The second-order valence-corrected chi connectivity index (χ2v) is 7.29. The molecule has 0 N–H and O–H groups in total. The predicted octanol–water partition coefficient (Wildman–Crippen LogP) is 4.52. The first kappa shape index (κ1) is 20.2. The number of halogens is 4. The van der Waals surface area contributed by atoms with Crippen LogP contribution in [0.25, 0.3) is 0 Å². The lowest BCUT2D eigenvalue weighted by Gasteiger charge is -2.28. The summed E-state index contributed by atoms with van der Waals surface area (Å²) >= 11 is 1.30. The minimum Gasteiger partial charge on any atom is -0.479 e. The summed E-state index contributed by atoms with van der Waals surface area (Å²) in [5.41, 5.74) is 1.26. The Bertz CT molecular complexity index is 1080. The first-order chi connectivity index (χ1) is 14.3. The Morgan fingerprint density at radius 1 is 1.17 bits per heavy atom. The van der Waals surface area contributed by atoms with Gasteiger partial charge in [0.2, 0.25) is 5.88 Å². The van der Waals surface area contributed by atoms with Gasteiger partial charge in [0.05, 0.1) is 43.0 Å². The van der Waals surface area contributed by atoms with Gasteiger partial charge in [-0.1, -0.05) is 23.9 Å². The molecule has 0 radical (unpaired) electrons. The van der Waals surface area contributed by atoms with Gasteiger partial charge in [0.25, 0.3) is 0 Å². The molecule has 3 heterocycles. The monoisotopic (exact) mass is 437 g/mol. The van der Waals surface area contributed by atoms with E-state index in [1.54, 1.807) is 17.2 Å². The van der Waals surface area contributed by atoms with Gasteiger partial charge >= 0.3 is 6.18 Å². The minimum absolute atomic E-state index is 0.114. The molecule has 0 fully saturated rings. The normalized spacial score (nSPS) is 13.8. The Balaban J connectivity index is 1.58. The number of thioether (sulfide) groups is 1. The molecule has 0 unspecified atom stereocenters. The number of nitrogens with zero attached hydrogens (tertiary/aromatic N) is 5. The number of ether oxygens (including phenoxy) is 1. The maximum Gasteiger partial charge on any atom is 0.416 e. The van der Waals surface area contributed by atoms with Crippen LogP contribution in [0.5, 0.6) is 5.88 Å². The fourth-order valence-electron chi connectivity index (χ4n) is 2.85. The van der Waals surface area contributed by atoms with Crippen LogP contribution in [0.1, 0.15) is 16.8 Å². The zero-order valence-electron chi connectivity index (χ0n) is 15.6. The van der Waals surface area contributed by atoms with Crippen molar-refractivity contribution in [2.45, 2.75) is 18.5 Å². The Hall–Kier alpha value is -3.08. The molecular formula is C19H15F4N5OS. The highest BCUT2D eigenvalue weighted by Crippen LogP contribution is 2.31. The highest BCUT2D eigenvalue weighted by atomic mass is 32.2. The third-order valence-electron chi connectivity index (χ3n) is 4.38. The Kier molecular flexibility index (Phi) is 5.37. The summed E-state index contributed by atoms with van der Waals surface area (Å²) in [4.78, 5) is 7.21. The van der Waals surface area contributed by atoms with Gasteiger partial charge in [-0.25, -0.2) is 9.37 Å². The molecule has 0 spiro atoms. The van der Waals surface area contributed by atoms with Crippen LogP contribution >= 0.6 is 11.8 Å². The van der Waals surface area contributed by atoms with Crippen molar-refractivity contribution in [2.24, 2.45) is 5.10 Å². The molecule has 156 valence electrons. The van der Waals surface area contributed by atoms with Crippen molar-refractivity contribution in [1.29, 1.82) is 0 Å². The molecule has 6 nitrogen and oxygen atoms in total. The van der Waals surface area contributed by atoms with Gasteiger partial charge in [-0.3, -0.25) is 0 Å². The van der Waals surface area contributed by atoms with E-state index >= 15 is 0 Å². The molecule has 30 heavy (non-hydrogen) atoms. The number of hydrogen-bond acceptors (Lipinski definition) is 6. The standard InChI is InChI=1S/C19H15F4N5OS/c1-29-17-16(20)8-15(9-24-17)27-10-14-6-7-25-28(14)26-18(27)30-11-12-2-4-13(5-3-12)19(21,22)23/h2-9H,10-11H2,1H3. The fourth-order valence-corrected chi connectivity index (χ4v) is 3.80. The molecule has 0 bridgehead atoms. The number of anilines is 1. The molecule has 1 aliphatic heterocycles. The van der Waals surface area contributed by atoms with Crippen LogP contribution in [-0.2, 0) is 18.5 Å². The summed E-state index contributed by atoms with van der Waals surface area (Å²) in [6, 6.07) is 8.04. The molecular weight excluding hydrogens is 422 g/mol. The number of pyridine rings is 1. The summed E-state index contributed by atoms with van der Waals surface area (Å²) in [6.07, 6.45) is -1.30. The predicted molar refractivity (Wildman–Crippen MR) is 105 cm³/mol. The van der Waals surface area contributed by atoms with Crippen LogP contribution in [0.2, 0.25) is 0 Å². The lowest BCUT2D eigenvalue weighted by molar-refractivity contribution is -0.137. The van der Waals surface area contributed by atoms with Crippen molar-refractivity contribution in [3.8, 4) is 5.88 Å². The molecule has 3 aromatic rings. The zero-order chi connectivity index (χ0) is 21.3. The van der Waals surface area contributed by atoms with Crippen molar-refractivity contribution in [1.82, 2.24) is 14.9 Å². The molecule has 1 aromatic carbocycles. The number of aromatic nitrogens is 3. The second kappa shape index (κ2) is 7.98. The van der Waals surface area contributed by atoms with E-state index in [1.165, 1.54) is 48.1 Å². The minimum atomic E-state index is -4.38. The van der Waals surface area contributed by atoms with Gasteiger partial charge in [-0.2, -0.15) is 23.1 Å². The Morgan fingerprint density at radius 3 is 2.60 bits per heavy atom. The molecule has 4 rings (SSSR count). The van der Waals surface area contributed by atoms with Crippen molar-refractivity contribution in [3.05, 3.63) is 71.4 Å². The van der Waals surface area contributed by atoms with Crippen LogP contribution in [0.15, 0.2) is 53.9 Å². The maximum atomic E-state index is 14.2. The van der Waals surface area contributed by atoms with E-state index in [1.807, 2.05) is 0 Å². The largest absolute Gasteiger partial charge is 0.479 e. The van der Waals surface area contributed by atoms with E-state index in [0.717, 1.165) is 17.8 Å². The second-order valence-electron chi connectivity index (χ2n) is 6.35. The highest BCUT2D eigenvalue weighted by Gasteiger charge is 2.30. The summed E-state index contributed by atoms with van der Waals surface area (Å²) in [5.74, 6) is -0.353. The van der Waals surface area contributed by atoms with E-state index in [-0.39, 0.29) is 5.88 Å². The summed E-state index contributed by atoms with van der Waals surface area (Å²) in [5, 5.41) is 9.10. The van der Waals surface area contributed by atoms with Crippen molar-refractivity contribution >= 4 is 22.6 Å². The number of hydrogen-bond donors (Lipinski definition) is 0. The van der Waals surface area contributed by atoms with E-state index in [2.05, 4.69) is 15.2 Å². The van der Waals surface area contributed by atoms with Gasteiger partial charge in [0, 0.05) is 11.8 Å². The zero-order valence-corrected chi connectivity index (χ0v) is 16.4. The highest BCUT2D eigenvalue weighted by molar-refractivity contribution is 8.13. The van der Waals surface area contributed by atoms with E-state index in [0.29, 0.717) is 28.7 Å². The third-order valence-corrected chi connectivity index (χ3v) is 5.42. The first-order valence-corrected chi connectivity index (χ1v) is 9.71. The van der Waals surface area contributed by atoms with E-state index in [4.69, 9.17) is 4.74 Å². The SMILES string of the molecule is COc1ncc(N2Cc3ccnn3N=C2SCc2ccc(C(F)(F)F)cc2)cc1F. The average molecular weight is 437 g/mol. The van der Waals surface area contributed by atoms with Gasteiger partial charge < -0.3 is 9.64 Å². The maximum absolute atomic E-state index is 14.2. The number of methoxy groups -OCH3 is 1. The molecule has 2 aromatic heterocycles. The Labute approximate surface area is 173 Å². The third kappa shape index (κ3) is 4.11. The fraction of sp³-hybridized carbons (Fsp3) is 0.211. The molecule has 1 aliphatic rings.